The second-order valence-electron chi connectivity index (χ2n) is 13.3. The van der Waals surface area contributed by atoms with Gasteiger partial charge >= 0.3 is 0 Å². The predicted octanol–water partition coefficient (Wildman–Crippen LogP) is 11.7. The van der Waals surface area contributed by atoms with Crippen molar-refractivity contribution in [1.82, 2.24) is 23.9 Å². The predicted molar refractivity (Wildman–Crippen MR) is 213 cm³/mol. The Morgan fingerprint density at radius 2 is 1.16 bits per heavy atom. The average molecular weight is 719 g/mol. The van der Waals surface area contributed by atoms with Gasteiger partial charge in [0.05, 0.1) is 22.1 Å². The monoisotopic (exact) mass is 717 g/mol. The number of aromatic nitrogens is 5. The molecule has 0 N–H and O–H groups in total. The lowest BCUT2D eigenvalue weighted by molar-refractivity contribution is 0.953. The summed E-state index contributed by atoms with van der Waals surface area (Å²) in [6, 6.07) is 47.2. The molecule has 0 unspecified atom stereocenters. The fourth-order valence-corrected chi connectivity index (χ4v) is 8.53. The molecule has 10 aromatic rings. The van der Waals surface area contributed by atoms with Crippen LogP contribution in [-0.4, -0.2) is 23.9 Å². The van der Waals surface area contributed by atoms with Crippen LogP contribution >= 0.6 is 15.9 Å². The normalized spacial score (nSPS) is 13.0. The van der Waals surface area contributed by atoms with Crippen molar-refractivity contribution in [3.63, 3.8) is 0 Å². The van der Waals surface area contributed by atoms with Crippen LogP contribution < -0.4 is 0 Å². The van der Waals surface area contributed by atoms with Crippen molar-refractivity contribution < 1.29 is 0 Å². The van der Waals surface area contributed by atoms with Gasteiger partial charge in [0.2, 0.25) is 5.95 Å². The van der Waals surface area contributed by atoms with Crippen molar-refractivity contribution in [2.24, 2.45) is 0 Å². The molecule has 0 atom stereocenters. The summed E-state index contributed by atoms with van der Waals surface area (Å²) in [6.07, 6.45) is 6.76. The first-order valence-corrected chi connectivity index (χ1v) is 18.1. The zero-order valence-corrected chi connectivity index (χ0v) is 29.0. The second kappa shape index (κ2) is 10.9. The van der Waals surface area contributed by atoms with Crippen molar-refractivity contribution in [3.8, 4) is 39.9 Å². The highest BCUT2D eigenvalue weighted by Gasteiger charge is 2.23. The summed E-state index contributed by atoms with van der Waals surface area (Å²) >= 11 is 3.77. The van der Waals surface area contributed by atoms with Crippen LogP contribution in [0.15, 0.2) is 144 Å². The van der Waals surface area contributed by atoms with E-state index in [0.29, 0.717) is 17.6 Å². The molecule has 0 fully saturated rings. The summed E-state index contributed by atoms with van der Waals surface area (Å²) in [6.45, 7) is 0. The molecule has 0 saturated carbocycles. The zero-order valence-electron chi connectivity index (χ0n) is 27.4. The molecule has 0 spiro atoms. The summed E-state index contributed by atoms with van der Waals surface area (Å²) < 4.78 is 5.69. The number of hydrogen-bond donors (Lipinski definition) is 0. The van der Waals surface area contributed by atoms with Crippen LogP contribution in [-0.2, 0) is 6.42 Å². The van der Waals surface area contributed by atoms with E-state index in [1.54, 1.807) is 0 Å². The molecular weight excluding hydrogens is 690 g/mol. The number of hydrogen-bond acceptors (Lipinski definition) is 3. The van der Waals surface area contributed by atoms with Gasteiger partial charge in [0, 0.05) is 48.2 Å². The van der Waals surface area contributed by atoms with Crippen molar-refractivity contribution in [2.75, 3.05) is 0 Å². The molecule has 0 saturated heterocycles. The lowest BCUT2D eigenvalue weighted by atomic mass is 9.95. The van der Waals surface area contributed by atoms with Gasteiger partial charge in [-0.05, 0) is 84.1 Å². The Morgan fingerprint density at radius 1 is 0.510 bits per heavy atom. The largest absolute Gasteiger partial charge is 0.308 e. The van der Waals surface area contributed by atoms with E-state index >= 15 is 0 Å². The molecule has 4 heterocycles. The number of rotatable bonds is 4. The topological polar surface area (TPSA) is 48.0 Å². The quantitative estimate of drug-likeness (QED) is 0.182. The summed E-state index contributed by atoms with van der Waals surface area (Å²) in [4.78, 5) is 15.2. The highest BCUT2D eigenvalue weighted by atomic mass is 79.9. The van der Waals surface area contributed by atoms with E-state index in [1.165, 1.54) is 49.6 Å². The van der Waals surface area contributed by atoms with Gasteiger partial charge in [-0.2, -0.15) is 9.97 Å². The Balaban J connectivity index is 1.17. The molecule has 6 heteroatoms. The molecule has 0 aliphatic heterocycles. The molecule has 4 aromatic heterocycles. The third-order valence-corrected chi connectivity index (χ3v) is 10.9. The number of benzene rings is 6. The zero-order chi connectivity index (χ0) is 33.6. The van der Waals surface area contributed by atoms with Crippen LogP contribution in [0.5, 0.6) is 0 Å². The molecule has 51 heavy (non-hydrogen) atoms. The van der Waals surface area contributed by atoms with E-state index in [1.807, 2.05) is 60.7 Å². The summed E-state index contributed by atoms with van der Waals surface area (Å²) in [5, 5.41) is 6.23. The number of allylic oxidation sites excluding steroid dienone is 1. The van der Waals surface area contributed by atoms with Crippen LogP contribution in [0.3, 0.4) is 0 Å². The summed E-state index contributed by atoms with van der Waals surface area (Å²) in [5.41, 5.74) is 11.7. The first-order valence-electron chi connectivity index (χ1n) is 17.3. The van der Waals surface area contributed by atoms with Crippen LogP contribution in [0, 0.1) is 0 Å². The van der Waals surface area contributed by atoms with Gasteiger partial charge in [0.25, 0.3) is 0 Å². The van der Waals surface area contributed by atoms with Crippen LogP contribution in [0.2, 0.25) is 0 Å². The molecule has 1 aliphatic carbocycles. The second-order valence-corrected chi connectivity index (χ2v) is 14.2. The molecule has 0 bridgehead atoms. The smallest absolute Gasteiger partial charge is 0.238 e. The van der Waals surface area contributed by atoms with Gasteiger partial charge in [-0.1, -0.05) is 107 Å². The van der Waals surface area contributed by atoms with E-state index in [4.69, 9.17) is 15.0 Å². The molecular formula is C45H28BrN5. The van der Waals surface area contributed by atoms with Crippen molar-refractivity contribution >= 4 is 71.0 Å². The first-order chi connectivity index (χ1) is 25.2. The van der Waals surface area contributed by atoms with Gasteiger partial charge in [-0.3, -0.25) is 4.57 Å². The first kappa shape index (κ1) is 28.7. The third kappa shape index (κ3) is 4.30. The van der Waals surface area contributed by atoms with Crippen LogP contribution in [0.25, 0.3) is 94.9 Å². The minimum atomic E-state index is 0.588. The SMILES string of the molecule is Brc1ccc2c(c1)c1cc(-c3cc4c5c(n6c7ccccc7c(c3)c46)C=CCC5)ccc1n2-c1nc(-c2ccccc2)nc(-c2ccccc2)n1. The van der Waals surface area contributed by atoms with E-state index in [-0.39, 0.29) is 0 Å². The summed E-state index contributed by atoms with van der Waals surface area (Å²) in [5.74, 6) is 1.87. The Labute approximate surface area is 301 Å². The van der Waals surface area contributed by atoms with Crippen LogP contribution in [0.1, 0.15) is 17.7 Å². The van der Waals surface area contributed by atoms with E-state index in [2.05, 4.69) is 110 Å². The Morgan fingerprint density at radius 3 is 1.92 bits per heavy atom. The van der Waals surface area contributed by atoms with Crippen LogP contribution in [0.4, 0.5) is 0 Å². The van der Waals surface area contributed by atoms with Crippen molar-refractivity contribution in [2.45, 2.75) is 12.8 Å². The van der Waals surface area contributed by atoms with Gasteiger partial charge in [-0.25, -0.2) is 4.98 Å². The fraction of sp³-hybridized carbons (Fsp3) is 0.0444. The number of nitrogens with zero attached hydrogens (tertiary/aromatic N) is 5. The highest BCUT2D eigenvalue weighted by molar-refractivity contribution is 9.10. The molecule has 0 amide bonds. The Hall–Kier alpha value is -6.11. The fourth-order valence-electron chi connectivity index (χ4n) is 8.17. The average Bonchev–Trinajstić information content (AvgIpc) is 3.82. The van der Waals surface area contributed by atoms with Gasteiger partial charge in [0.1, 0.15) is 0 Å². The standard InChI is InChI=1S/C45H28BrN5/c46-31-20-22-41-35(26-31)34-23-29(30-24-36-32-15-7-9-17-38(32)50-39-18-10-8-16-33(39)37(25-30)42(36)50)19-21-40(34)51(41)45-48-43(27-11-3-1-4-12-27)47-44(49-45)28-13-5-2-6-14-28/h1-7,9-15,17-26H,8,16H2. The Bertz CT molecular complexity index is 2970. The minimum absolute atomic E-state index is 0.588. The number of halogens is 1. The van der Waals surface area contributed by atoms with Crippen molar-refractivity contribution in [1.29, 1.82) is 0 Å². The van der Waals surface area contributed by atoms with E-state index < -0.39 is 0 Å². The van der Waals surface area contributed by atoms with Gasteiger partial charge in [-0.15, -0.1) is 0 Å². The third-order valence-electron chi connectivity index (χ3n) is 10.4. The number of fused-ring (bicyclic) bond motifs is 9. The van der Waals surface area contributed by atoms with Gasteiger partial charge in [0.15, 0.2) is 11.6 Å². The molecule has 240 valence electrons. The molecule has 1 aliphatic rings. The lowest BCUT2D eigenvalue weighted by Gasteiger charge is -2.11. The molecule has 5 nitrogen and oxygen atoms in total. The Kier molecular flexibility index (Phi) is 6.16. The molecule has 6 aromatic carbocycles. The van der Waals surface area contributed by atoms with Gasteiger partial charge < -0.3 is 4.40 Å². The molecule has 0 radical (unpaired) electrons. The maximum absolute atomic E-state index is 5.12. The van der Waals surface area contributed by atoms with E-state index in [9.17, 15) is 0 Å². The maximum atomic E-state index is 5.12. The highest BCUT2D eigenvalue weighted by Crippen LogP contribution is 2.43. The number of para-hydroxylation sites is 1. The summed E-state index contributed by atoms with van der Waals surface area (Å²) in [7, 11) is 0. The van der Waals surface area contributed by atoms with E-state index in [0.717, 1.165) is 50.2 Å². The minimum Gasteiger partial charge on any atom is -0.308 e. The van der Waals surface area contributed by atoms with Crippen molar-refractivity contribution in [3.05, 3.63) is 155 Å². The number of aryl methyl sites for hydroxylation is 1. The lowest BCUT2D eigenvalue weighted by Crippen LogP contribution is -2.06. The maximum Gasteiger partial charge on any atom is 0.238 e. The molecule has 11 rings (SSSR count).